The summed E-state index contributed by atoms with van der Waals surface area (Å²) in [4.78, 5) is 9.43. The van der Waals surface area contributed by atoms with Crippen molar-refractivity contribution in [2.24, 2.45) is 10.9 Å². The lowest BCUT2D eigenvalue weighted by Gasteiger charge is -2.43. The maximum Gasteiger partial charge on any atom is 0.211 e. The smallest absolute Gasteiger partial charge is 0.211 e. The van der Waals surface area contributed by atoms with Crippen LogP contribution in [0.4, 0.5) is 10.1 Å². The predicted octanol–water partition coefficient (Wildman–Crippen LogP) is 3.72. The second kappa shape index (κ2) is 10.5. The van der Waals surface area contributed by atoms with E-state index in [9.17, 15) is 9.50 Å². The zero-order chi connectivity index (χ0) is 24.9. The summed E-state index contributed by atoms with van der Waals surface area (Å²) in [6, 6.07) is 11.5. The molecule has 35 heavy (non-hydrogen) atoms. The summed E-state index contributed by atoms with van der Waals surface area (Å²) in [5.74, 6) is 1.32. The van der Waals surface area contributed by atoms with Crippen LogP contribution >= 0.6 is 0 Å². The SMILES string of the molecule is C=CN(/C=C(/C)N)c1ccc(/C=C2\OCCN3C2=NOC(CO)C3c2ccc(F)cc2)cc1OC. The zero-order valence-corrected chi connectivity index (χ0v) is 19.7. The van der Waals surface area contributed by atoms with Crippen LogP contribution in [0.25, 0.3) is 6.08 Å². The maximum atomic E-state index is 13.5. The molecule has 9 heteroatoms. The summed E-state index contributed by atoms with van der Waals surface area (Å²) in [5.41, 5.74) is 8.88. The van der Waals surface area contributed by atoms with Crippen LogP contribution in [0, 0.1) is 5.82 Å². The molecule has 0 amide bonds. The van der Waals surface area contributed by atoms with Crippen LogP contribution in [-0.4, -0.2) is 48.8 Å². The van der Waals surface area contributed by atoms with Crippen molar-refractivity contribution < 1.29 is 23.8 Å². The number of fused-ring (bicyclic) bond motifs is 1. The lowest BCUT2D eigenvalue weighted by atomic mass is 9.98. The van der Waals surface area contributed by atoms with Gasteiger partial charge in [-0.2, -0.15) is 0 Å². The van der Waals surface area contributed by atoms with Crippen LogP contribution in [0.15, 0.2) is 78.1 Å². The van der Waals surface area contributed by atoms with E-state index in [0.29, 0.717) is 36.2 Å². The van der Waals surface area contributed by atoms with Gasteiger partial charge in [0, 0.05) is 18.1 Å². The van der Waals surface area contributed by atoms with Gasteiger partial charge < -0.3 is 35.0 Å². The van der Waals surface area contributed by atoms with Crippen molar-refractivity contribution >= 4 is 17.6 Å². The Hall–Kier alpha value is -3.98. The first-order valence-corrected chi connectivity index (χ1v) is 11.2. The number of halogens is 1. The van der Waals surface area contributed by atoms with E-state index >= 15 is 0 Å². The minimum absolute atomic E-state index is 0.232. The van der Waals surface area contributed by atoms with Crippen molar-refractivity contribution in [3.63, 3.8) is 0 Å². The Labute approximate surface area is 204 Å². The quantitative estimate of drug-likeness (QED) is 0.624. The van der Waals surface area contributed by atoms with Gasteiger partial charge in [0.05, 0.1) is 32.0 Å². The molecule has 0 spiro atoms. The van der Waals surface area contributed by atoms with Gasteiger partial charge in [-0.15, -0.1) is 0 Å². The monoisotopic (exact) mass is 480 g/mol. The molecular formula is C26H29FN4O4. The van der Waals surface area contributed by atoms with Crippen molar-refractivity contribution in [2.75, 3.05) is 31.8 Å². The molecule has 2 atom stereocenters. The van der Waals surface area contributed by atoms with Gasteiger partial charge in [0.2, 0.25) is 5.84 Å². The minimum Gasteiger partial charge on any atom is -0.495 e. The third kappa shape index (κ3) is 5.09. The van der Waals surface area contributed by atoms with E-state index < -0.39 is 6.10 Å². The molecule has 0 saturated carbocycles. The number of benzene rings is 2. The largest absolute Gasteiger partial charge is 0.495 e. The Morgan fingerprint density at radius 2 is 2.11 bits per heavy atom. The fourth-order valence-electron chi connectivity index (χ4n) is 4.19. The number of oxime groups is 1. The third-order valence-corrected chi connectivity index (χ3v) is 5.76. The number of allylic oxidation sites excluding steroid dienone is 1. The Kier molecular flexibility index (Phi) is 7.26. The number of aliphatic hydroxyl groups is 1. The maximum absolute atomic E-state index is 13.5. The fraction of sp³-hybridized carbons (Fsp3) is 0.269. The lowest BCUT2D eigenvalue weighted by Crippen LogP contribution is -2.50. The average Bonchev–Trinajstić information content (AvgIpc) is 2.87. The molecule has 2 unspecified atom stereocenters. The highest BCUT2D eigenvalue weighted by Crippen LogP contribution is 2.35. The molecule has 2 aromatic rings. The highest BCUT2D eigenvalue weighted by atomic mass is 19.1. The van der Waals surface area contributed by atoms with Crippen molar-refractivity contribution in [1.29, 1.82) is 0 Å². The normalized spacial score (nSPS) is 20.9. The second-order valence-corrected chi connectivity index (χ2v) is 8.18. The van der Waals surface area contributed by atoms with Gasteiger partial charge in [-0.3, -0.25) is 0 Å². The molecule has 2 aliphatic heterocycles. The van der Waals surface area contributed by atoms with Crippen LogP contribution in [0.5, 0.6) is 5.75 Å². The molecule has 184 valence electrons. The van der Waals surface area contributed by atoms with Crippen LogP contribution in [0.2, 0.25) is 0 Å². The molecule has 0 aromatic heterocycles. The molecule has 1 fully saturated rings. The molecule has 1 saturated heterocycles. The van der Waals surface area contributed by atoms with Gasteiger partial charge in [0.25, 0.3) is 0 Å². The first kappa shape index (κ1) is 24.2. The summed E-state index contributed by atoms with van der Waals surface area (Å²) in [6.07, 6.45) is 4.67. The predicted molar refractivity (Wildman–Crippen MR) is 133 cm³/mol. The molecule has 0 aliphatic carbocycles. The zero-order valence-electron chi connectivity index (χ0n) is 19.7. The third-order valence-electron chi connectivity index (χ3n) is 5.76. The average molecular weight is 481 g/mol. The van der Waals surface area contributed by atoms with Crippen molar-refractivity contribution in [2.45, 2.75) is 19.1 Å². The number of nitrogens with zero attached hydrogens (tertiary/aromatic N) is 3. The van der Waals surface area contributed by atoms with Gasteiger partial charge in [-0.05, 0) is 48.4 Å². The van der Waals surface area contributed by atoms with Gasteiger partial charge >= 0.3 is 0 Å². The van der Waals surface area contributed by atoms with E-state index in [1.807, 2.05) is 29.2 Å². The number of hydrogen-bond donors (Lipinski definition) is 2. The van der Waals surface area contributed by atoms with Crippen molar-refractivity contribution in [3.8, 4) is 5.75 Å². The molecule has 2 heterocycles. The number of rotatable bonds is 7. The van der Waals surface area contributed by atoms with E-state index in [4.69, 9.17) is 20.0 Å². The summed E-state index contributed by atoms with van der Waals surface area (Å²) in [7, 11) is 1.59. The Morgan fingerprint density at radius 1 is 1.34 bits per heavy atom. The lowest BCUT2D eigenvalue weighted by molar-refractivity contribution is -0.0578. The van der Waals surface area contributed by atoms with Gasteiger partial charge in [0.15, 0.2) is 11.9 Å². The topological polar surface area (TPSA) is 92.8 Å². The number of aliphatic hydroxyl groups excluding tert-OH is 1. The summed E-state index contributed by atoms with van der Waals surface area (Å²) < 4.78 is 25.1. The molecule has 4 rings (SSSR count). The van der Waals surface area contributed by atoms with Crippen molar-refractivity contribution in [1.82, 2.24) is 4.90 Å². The second-order valence-electron chi connectivity index (χ2n) is 8.18. The number of anilines is 1. The highest BCUT2D eigenvalue weighted by Gasteiger charge is 2.40. The van der Waals surface area contributed by atoms with Gasteiger partial charge in [-0.1, -0.05) is 29.9 Å². The number of amidine groups is 1. The van der Waals surface area contributed by atoms with Crippen LogP contribution in [0.3, 0.4) is 0 Å². The first-order valence-electron chi connectivity index (χ1n) is 11.2. The molecular weight excluding hydrogens is 451 g/mol. The number of hydrogen-bond acceptors (Lipinski definition) is 8. The fourth-order valence-corrected chi connectivity index (χ4v) is 4.19. The Balaban J connectivity index is 1.68. The van der Waals surface area contributed by atoms with Crippen LogP contribution in [0.1, 0.15) is 24.1 Å². The standard InChI is InChI=1S/C26H29FN4O4/c1-4-30(15-17(2)28)21-10-5-18(13-22(21)33-3)14-23-26-29-35-24(16-32)25(31(26)11-12-34-23)19-6-8-20(27)9-7-19/h4-10,13-15,24-25,32H,1,11-12,16,28H2,2-3H3/b17-15-,23-14-. The summed E-state index contributed by atoms with van der Waals surface area (Å²) in [5, 5.41) is 14.1. The first-order chi connectivity index (χ1) is 16.9. The summed E-state index contributed by atoms with van der Waals surface area (Å²) >= 11 is 0. The van der Waals surface area contributed by atoms with Gasteiger partial charge in [-0.25, -0.2) is 4.39 Å². The molecule has 2 aliphatic rings. The molecule has 0 radical (unpaired) electrons. The molecule has 2 aromatic carbocycles. The van der Waals surface area contributed by atoms with E-state index in [1.165, 1.54) is 12.1 Å². The number of methoxy groups -OCH3 is 1. The van der Waals surface area contributed by atoms with E-state index in [0.717, 1.165) is 16.8 Å². The van der Waals surface area contributed by atoms with Gasteiger partial charge in [0.1, 0.15) is 18.2 Å². The Morgan fingerprint density at radius 3 is 2.77 bits per heavy atom. The van der Waals surface area contributed by atoms with E-state index in [-0.39, 0.29) is 18.5 Å². The van der Waals surface area contributed by atoms with Crippen LogP contribution in [-0.2, 0) is 9.57 Å². The summed E-state index contributed by atoms with van der Waals surface area (Å²) in [6.45, 7) is 6.36. The van der Waals surface area contributed by atoms with E-state index in [1.54, 1.807) is 43.5 Å². The molecule has 8 nitrogen and oxygen atoms in total. The minimum atomic E-state index is -0.591. The van der Waals surface area contributed by atoms with Crippen LogP contribution < -0.4 is 15.4 Å². The number of morpholine rings is 1. The number of ether oxygens (including phenoxy) is 2. The highest BCUT2D eigenvalue weighted by molar-refractivity contribution is 6.01. The Bertz CT molecular complexity index is 1160. The molecule has 3 N–H and O–H groups in total. The molecule has 0 bridgehead atoms. The van der Waals surface area contributed by atoms with Crippen molar-refractivity contribution in [3.05, 3.63) is 89.8 Å². The number of nitrogens with two attached hydrogens (primary N) is 1. The van der Waals surface area contributed by atoms with E-state index in [2.05, 4.69) is 11.7 Å².